The third-order valence-corrected chi connectivity index (χ3v) is 4.63. The van der Waals surface area contributed by atoms with Gasteiger partial charge in [-0.2, -0.15) is 9.50 Å². The molecule has 28 heavy (non-hydrogen) atoms. The quantitative estimate of drug-likeness (QED) is 0.545. The van der Waals surface area contributed by atoms with Gasteiger partial charge in [0.15, 0.2) is 17.3 Å². The van der Waals surface area contributed by atoms with Crippen LogP contribution in [-0.2, 0) is 0 Å². The highest BCUT2D eigenvalue weighted by atomic mass is 16.5. The zero-order valence-electron chi connectivity index (χ0n) is 15.3. The molecule has 0 unspecified atom stereocenters. The number of hydrogen-bond donors (Lipinski definition) is 0. The molecule has 0 saturated carbocycles. The van der Waals surface area contributed by atoms with Crippen LogP contribution in [0.1, 0.15) is 6.42 Å². The van der Waals surface area contributed by atoms with Crippen molar-refractivity contribution in [2.24, 2.45) is 0 Å². The molecule has 1 aliphatic heterocycles. The summed E-state index contributed by atoms with van der Waals surface area (Å²) in [5.74, 6) is 3.32. The van der Waals surface area contributed by atoms with Crippen LogP contribution < -0.4 is 14.2 Å². The van der Waals surface area contributed by atoms with E-state index in [1.165, 1.54) is 0 Å². The SMILES string of the molecule is COc1ccccc1-c1ccnc2nc(-c3ccc4c(c3)OCCCO4)nn12. The minimum absolute atomic E-state index is 0.519. The fraction of sp³-hybridized carbons (Fsp3) is 0.190. The van der Waals surface area contributed by atoms with Gasteiger partial charge in [0, 0.05) is 23.7 Å². The van der Waals surface area contributed by atoms with Gasteiger partial charge in [0.1, 0.15) is 5.75 Å². The Labute approximate surface area is 161 Å². The van der Waals surface area contributed by atoms with Gasteiger partial charge in [0.2, 0.25) is 0 Å². The first kappa shape index (κ1) is 16.6. The molecule has 3 heterocycles. The standard InChI is InChI=1S/C21H18N4O3/c1-26-17-6-3-2-5-15(17)16-9-10-22-21-23-20(24-25(16)21)14-7-8-18-19(13-14)28-12-4-11-27-18/h2-3,5-10,13H,4,11-12H2,1H3. The van der Waals surface area contributed by atoms with Crippen LogP contribution in [0.5, 0.6) is 17.2 Å². The van der Waals surface area contributed by atoms with Crippen LogP contribution in [0.2, 0.25) is 0 Å². The van der Waals surface area contributed by atoms with Crippen molar-refractivity contribution in [3.63, 3.8) is 0 Å². The van der Waals surface area contributed by atoms with Gasteiger partial charge in [-0.25, -0.2) is 4.98 Å². The number of nitrogens with zero attached hydrogens (tertiary/aromatic N) is 4. The van der Waals surface area contributed by atoms with Crippen molar-refractivity contribution < 1.29 is 14.2 Å². The van der Waals surface area contributed by atoms with Crippen LogP contribution in [0.25, 0.3) is 28.4 Å². The molecule has 7 heteroatoms. The molecule has 5 rings (SSSR count). The summed E-state index contributed by atoms with van der Waals surface area (Å²) in [6.45, 7) is 1.29. The second-order valence-electron chi connectivity index (χ2n) is 6.39. The lowest BCUT2D eigenvalue weighted by atomic mass is 10.1. The zero-order chi connectivity index (χ0) is 18.9. The summed E-state index contributed by atoms with van der Waals surface area (Å²) in [7, 11) is 1.65. The van der Waals surface area contributed by atoms with E-state index < -0.39 is 0 Å². The molecular formula is C21H18N4O3. The first-order valence-corrected chi connectivity index (χ1v) is 9.09. The van der Waals surface area contributed by atoms with Crippen molar-refractivity contribution in [2.45, 2.75) is 6.42 Å². The number of aromatic nitrogens is 4. The average molecular weight is 374 g/mol. The highest BCUT2D eigenvalue weighted by molar-refractivity contribution is 5.70. The topological polar surface area (TPSA) is 70.8 Å². The van der Waals surface area contributed by atoms with E-state index in [1.54, 1.807) is 17.8 Å². The lowest BCUT2D eigenvalue weighted by Gasteiger charge is -2.09. The number of para-hydroxylation sites is 1. The molecule has 140 valence electrons. The Morgan fingerprint density at radius 1 is 1.00 bits per heavy atom. The van der Waals surface area contributed by atoms with Crippen molar-refractivity contribution in [1.29, 1.82) is 0 Å². The third kappa shape index (κ3) is 2.81. The molecule has 0 bridgehead atoms. The second-order valence-corrected chi connectivity index (χ2v) is 6.39. The van der Waals surface area contributed by atoms with Gasteiger partial charge in [-0.05, 0) is 36.4 Å². The van der Waals surface area contributed by atoms with Crippen molar-refractivity contribution >= 4 is 5.78 Å². The molecule has 0 spiro atoms. The average Bonchev–Trinajstić information content (AvgIpc) is 3.05. The van der Waals surface area contributed by atoms with E-state index in [-0.39, 0.29) is 0 Å². The molecule has 0 atom stereocenters. The summed E-state index contributed by atoms with van der Waals surface area (Å²) in [5.41, 5.74) is 2.63. The Morgan fingerprint density at radius 2 is 1.86 bits per heavy atom. The van der Waals surface area contributed by atoms with Crippen molar-refractivity contribution in [2.75, 3.05) is 20.3 Å². The van der Waals surface area contributed by atoms with Crippen molar-refractivity contribution in [1.82, 2.24) is 19.6 Å². The molecule has 0 fully saturated rings. The van der Waals surface area contributed by atoms with E-state index in [0.29, 0.717) is 30.6 Å². The fourth-order valence-electron chi connectivity index (χ4n) is 3.28. The molecule has 0 amide bonds. The van der Waals surface area contributed by atoms with Gasteiger partial charge >= 0.3 is 0 Å². The van der Waals surface area contributed by atoms with Gasteiger partial charge in [-0.15, -0.1) is 5.10 Å². The molecule has 0 saturated heterocycles. The summed E-state index contributed by atoms with van der Waals surface area (Å²) in [6, 6.07) is 15.5. The summed E-state index contributed by atoms with van der Waals surface area (Å²) >= 11 is 0. The Balaban J connectivity index is 1.62. The van der Waals surface area contributed by atoms with Gasteiger partial charge in [-0.1, -0.05) is 12.1 Å². The predicted molar refractivity (Wildman–Crippen MR) is 104 cm³/mol. The van der Waals surface area contributed by atoms with E-state index in [4.69, 9.17) is 19.3 Å². The van der Waals surface area contributed by atoms with E-state index in [2.05, 4.69) is 9.97 Å². The number of hydrogen-bond acceptors (Lipinski definition) is 6. The summed E-state index contributed by atoms with van der Waals surface area (Å²) < 4.78 is 18.7. The van der Waals surface area contributed by atoms with Crippen LogP contribution in [-0.4, -0.2) is 39.9 Å². The van der Waals surface area contributed by atoms with Gasteiger partial charge in [-0.3, -0.25) is 0 Å². The molecular weight excluding hydrogens is 356 g/mol. The molecule has 7 nitrogen and oxygen atoms in total. The minimum Gasteiger partial charge on any atom is -0.496 e. The van der Waals surface area contributed by atoms with Crippen LogP contribution in [0.15, 0.2) is 54.7 Å². The first-order chi connectivity index (χ1) is 13.8. The van der Waals surface area contributed by atoms with E-state index in [1.807, 2.05) is 48.5 Å². The fourth-order valence-corrected chi connectivity index (χ4v) is 3.28. The zero-order valence-corrected chi connectivity index (χ0v) is 15.3. The van der Waals surface area contributed by atoms with E-state index >= 15 is 0 Å². The van der Waals surface area contributed by atoms with Crippen LogP contribution >= 0.6 is 0 Å². The first-order valence-electron chi connectivity index (χ1n) is 9.09. The molecule has 2 aromatic heterocycles. The normalized spacial score (nSPS) is 13.3. The number of rotatable bonds is 3. The number of benzene rings is 2. The Hall–Kier alpha value is -3.61. The van der Waals surface area contributed by atoms with Crippen molar-refractivity contribution in [3.05, 3.63) is 54.7 Å². The molecule has 2 aromatic carbocycles. The monoisotopic (exact) mass is 374 g/mol. The van der Waals surface area contributed by atoms with Crippen LogP contribution in [0.4, 0.5) is 0 Å². The van der Waals surface area contributed by atoms with Crippen LogP contribution in [0, 0.1) is 0 Å². The maximum Gasteiger partial charge on any atom is 0.253 e. The van der Waals surface area contributed by atoms with Crippen molar-refractivity contribution in [3.8, 4) is 39.9 Å². The highest BCUT2D eigenvalue weighted by Gasteiger charge is 2.16. The summed E-state index contributed by atoms with van der Waals surface area (Å²) in [6.07, 6.45) is 2.59. The van der Waals surface area contributed by atoms with E-state index in [0.717, 1.165) is 34.7 Å². The number of ether oxygens (including phenoxy) is 3. The summed E-state index contributed by atoms with van der Waals surface area (Å²) in [5, 5.41) is 4.70. The van der Waals surface area contributed by atoms with Gasteiger partial charge in [0.25, 0.3) is 5.78 Å². The number of methoxy groups -OCH3 is 1. The minimum atomic E-state index is 0.519. The number of fused-ring (bicyclic) bond motifs is 2. The van der Waals surface area contributed by atoms with Gasteiger partial charge in [0.05, 0.1) is 26.0 Å². The molecule has 0 N–H and O–H groups in total. The Bertz CT molecular complexity index is 1160. The second kappa shape index (κ2) is 6.84. The Morgan fingerprint density at radius 3 is 2.75 bits per heavy atom. The molecule has 0 aliphatic carbocycles. The molecule has 1 aliphatic rings. The Kier molecular flexibility index (Phi) is 4.05. The maximum atomic E-state index is 5.79. The maximum absolute atomic E-state index is 5.79. The van der Waals surface area contributed by atoms with Crippen LogP contribution in [0.3, 0.4) is 0 Å². The van der Waals surface area contributed by atoms with Gasteiger partial charge < -0.3 is 14.2 Å². The molecule has 0 radical (unpaired) electrons. The smallest absolute Gasteiger partial charge is 0.253 e. The lowest BCUT2D eigenvalue weighted by molar-refractivity contribution is 0.297. The summed E-state index contributed by atoms with van der Waals surface area (Å²) in [4.78, 5) is 8.96. The third-order valence-electron chi connectivity index (χ3n) is 4.63. The molecule has 4 aromatic rings. The van der Waals surface area contributed by atoms with E-state index in [9.17, 15) is 0 Å². The lowest BCUT2D eigenvalue weighted by Crippen LogP contribution is -1.98. The largest absolute Gasteiger partial charge is 0.496 e. The predicted octanol–water partition coefficient (Wildman–Crippen LogP) is 3.63. The highest BCUT2D eigenvalue weighted by Crippen LogP contribution is 2.34.